The minimum atomic E-state index is -1.28. The fourth-order valence-electron chi connectivity index (χ4n) is 2.87. The molecule has 0 unspecified atom stereocenters. The molecule has 0 atom stereocenters. The van der Waals surface area contributed by atoms with Crippen molar-refractivity contribution in [1.29, 1.82) is 0 Å². The van der Waals surface area contributed by atoms with E-state index in [2.05, 4.69) is 0 Å². The largest absolute Gasteiger partial charge is 0.491 e. The summed E-state index contributed by atoms with van der Waals surface area (Å²) in [6, 6.07) is 2.35. The zero-order valence-electron chi connectivity index (χ0n) is 13.9. The first kappa shape index (κ1) is 19.3. The highest BCUT2D eigenvalue weighted by Gasteiger charge is 2.28. The minimum Gasteiger partial charge on any atom is -0.491 e. The lowest BCUT2D eigenvalue weighted by atomic mass is 9.82. The second kappa shape index (κ2) is 8.87. The molecule has 1 aliphatic carbocycles. The first-order valence-electron chi connectivity index (χ1n) is 8.20. The SMILES string of the molecule is CCOc1ccc(OC(=O)C2CCC(/C=C(\F)CF)CC2)c(F)c1F. The molecule has 0 amide bonds. The smallest absolute Gasteiger partial charge is 0.314 e. The predicted molar refractivity (Wildman–Crippen MR) is 83.8 cm³/mol. The molecule has 0 aromatic heterocycles. The van der Waals surface area contributed by atoms with Crippen molar-refractivity contribution in [2.75, 3.05) is 13.3 Å². The number of carbonyl (C=O) groups excluding carboxylic acids is 1. The molecule has 0 N–H and O–H groups in total. The van der Waals surface area contributed by atoms with Crippen LogP contribution in [0, 0.1) is 23.5 Å². The number of allylic oxidation sites excluding steroid dienone is 2. The summed E-state index contributed by atoms with van der Waals surface area (Å²) >= 11 is 0. The lowest BCUT2D eigenvalue weighted by Gasteiger charge is -2.25. The van der Waals surface area contributed by atoms with Gasteiger partial charge in [-0.1, -0.05) is 0 Å². The number of ether oxygens (including phenoxy) is 2. The van der Waals surface area contributed by atoms with Gasteiger partial charge in [0.25, 0.3) is 0 Å². The van der Waals surface area contributed by atoms with E-state index in [4.69, 9.17) is 9.47 Å². The standard InChI is InChI=1S/C18H20F4O3/c1-2-24-14-7-8-15(17(22)16(14)21)25-18(23)12-5-3-11(4-6-12)9-13(20)10-19/h7-9,11-12H,2-6,10H2,1H3/b13-9-. The molecule has 1 aromatic carbocycles. The van der Waals surface area contributed by atoms with Gasteiger partial charge in [-0.2, -0.15) is 8.78 Å². The van der Waals surface area contributed by atoms with E-state index < -0.39 is 41.8 Å². The van der Waals surface area contributed by atoms with E-state index in [-0.39, 0.29) is 18.3 Å². The number of carbonyl (C=O) groups is 1. The molecular formula is C18H20F4O3. The molecule has 1 fully saturated rings. The first-order chi connectivity index (χ1) is 12.0. The molecule has 25 heavy (non-hydrogen) atoms. The van der Waals surface area contributed by atoms with Crippen molar-refractivity contribution in [3.63, 3.8) is 0 Å². The molecule has 1 aliphatic rings. The Bertz CT molecular complexity index is 637. The summed E-state index contributed by atoms with van der Waals surface area (Å²) in [5.74, 6) is -5.29. The Hall–Kier alpha value is -2.05. The van der Waals surface area contributed by atoms with Crippen LogP contribution in [0.3, 0.4) is 0 Å². The van der Waals surface area contributed by atoms with Crippen LogP contribution in [0.4, 0.5) is 17.6 Å². The summed E-state index contributed by atoms with van der Waals surface area (Å²) in [4.78, 5) is 12.1. The highest BCUT2D eigenvalue weighted by molar-refractivity contribution is 5.75. The van der Waals surface area contributed by atoms with Gasteiger partial charge in [0.1, 0.15) is 12.5 Å². The van der Waals surface area contributed by atoms with Gasteiger partial charge < -0.3 is 9.47 Å². The number of hydrogen-bond acceptors (Lipinski definition) is 3. The van der Waals surface area contributed by atoms with Crippen LogP contribution in [-0.4, -0.2) is 19.3 Å². The van der Waals surface area contributed by atoms with Crippen LogP contribution in [0.5, 0.6) is 11.5 Å². The van der Waals surface area contributed by atoms with Crippen LogP contribution < -0.4 is 9.47 Å². The highest BCUT2D eigenvalue weighted by atomic mass is 19.2. The molecular weight excluding hydrogens is 340 g/mol. The summed E-state index contributed by atoms with van der Waals surface area (Å²) in [5, 5.41) is 0. The van der Waals surface area contributed by atoms with Crippen molar-refractivity contribution in [1.82, 2.24) is 0 Å². The summed E-state index contributed by atoms with van der Waals surface area (Å²) in [5.41, 5.74) is 0. The van der Waals surface area contributed by atoms with E-state index in [1.807, 2.05) is 0 Å². The van der Waals surface area contributed by atoms with Gasteiger partial charge in [0.15, 0.2) is 11.5 Å². The van der Waals surface area contributed by atoms with Gasteiger partial charge in [0.2, 0.25) is 11.6 Å². The molecule has 0 aliphatic heterocycles. The van der Waals surface area contributed by atoms with Crippen molar-refractivity contribution >= 4 is 5.97 Å². The van der Waals surface area contributed by atoms with Crippen molar-refractivity contribution in [3.8, 4) is 11.5 Å². The average molecular weight is 360 g/mol. The topological polar surface area (TPSA) is 35.5 Å². The van der Waals surface area contributed by atoms with E-state index in [0.717, 1.165) is 6.07 Å². The summed E-state index contributed by atoms with van der Waals surface area (Å²) in [6.45, 7) is 0.678. The maximum atomic E-state index is 13.9. The fraction of sp³-hybridized carbons (Fsp3) is 0.500. The lowest BCUT2D eigenvalue weighted by molar-refractivity contribution is -0.140. The highest BCUT2D eigenvalue weighted by Crippen LogP contribution is 2.33. The summed E-state index contributed by atoms with van der Waals surface area (Å²) in [7, 11) is 0. The van der Waals surface area contributed by atoms with Gasteiger partial charge in [0.05, 0.1) is 12.5 Å². The van der Waals surface area contributed by atoms with Crippen molar-refractivity contribution < 1.29 is 31.8 Å². The zero-order chi connectivity index (χ0) is 18.4. The zero-order valence-corrected chi connectivity index (χ0v) is 13.9. The number of esters is 1. The van der Waals surface area contributed by atoms with Gasteiger partial charge in [0, 0.05) is 0 Å². The third kappa shape index (κ3) is 4.96. The van der Waals surface area contributed by atoms with Gasteiger partial charge in [-0.15, -0.1) is 0 Å². The number of benzene rings is 1. The maximum Gasteiger partial charge on any atom is 0.314 e. The Balaban J connectivity index is 1.96. The van der Waals surface area contributed by atoms with Crippen LogP contribution in [0.15, 0.2) is 24.0 Å². The molecule has 1 aromatic rings. The molecule has 0 bridgehead atoms. The normalized spacial score (nSPS) is 21.1. The molecule has 0 saturated heterocycles. The van der Waals surface area contributed by atoms with Crippen LogP contribution in [-0.2, 0) is 4.79 Å². The van der Waals surface area contributed by atoms with Crippen LogP contribution in [0.25, 0.3) is 0 Å². The second-order valence-electron chi connectivity index (χ2n) is 5.90. The van der Waals surface area contributed by atoms with E-state index in [1.165, 1.54) is 12.1 Å². The van der Waals surface area contributed by atoms with Gasteiger partial charge in [-0.25, -0.2) is 8.78 Å². The Morgan fingerprint density at radius 1 is 1.16 bits per heavy atom. The quantitative estimate of drug-likeness (QED) is 0.411. The Morgan fingerprint density at radius 2 is 1.76 bits per heavy atom. The molecule has 0 heterocycles. The van der Waals surface area contributed by atoms with Crippen molar-refractivity contribution in [2.24, 2.45) is 11.8 Å². The number of halogens is 4. The van der Waals surface area contributed by atoms with Gasteiger partial charge >= 0.3 is 5.97 Å². The number of rotatable bonds is 6. The van der Waals surface area contributed by atoms with Crippen LogP contribution >= 0.6 is 0 Å². The molecule has 7 heteroatoms. The monoisotopic (exact) mass is 360 g/mol. The number of alkyl halides is 1. The van der Waals surface area contributed by atoms with Gasteiger partial charge in [-0.3, -0.25) is 4.79 Å². The Labute approximate surface area is 143 Å². The predicted octanol–water partition coefficient (Wildman–Crippen LogP) is 4.90. The average Bonchev–Trinajstić information content (AvgIpc) is 2.62. The Morgan fingerprint density at radius 3 is 2.36 bits per heavy atom. The molecule has 0 radical (unpaired) electrons. The Kier molecular flexibility index (Phi) is 6.84. The van der Waals surface area contributed by atoms with Crippen molar-refractivity contribution in [2.45, 2.75) is 32.6 Å². The van der Waals surface area contributed by atoms with Crippen LogP contribution in [0.2, 0.25) is 0 Å². The van der Waals surface area contributed by atoms with Crippen molar-refractivity contribution in [3.05, 3.63) is 35.7 Å². The number of hydrogen-bond donors (Lipinski definition) is 0. The molecule has 2 rings (SSSR count). The molecule has 3 nitrogen and oxygen atoms in total. The first-order valence-corrected chi connectivity index (χ1v) is 8.20. The maximum absolute atomic E-state index is 13.9. The van der Waals surface area contributed by atoms with E-state index in [9.17, 15) is 22.4 Å². The summed E-state index contributed by atoms with van der Waals surface area (Å²) in [6.07, 6.45) is 3.09. The third-order valence-corrected chi connectivity index (χ3v) is 4.17. The minimum absolute atomic E-state index is 0.126. The van der Waals surface area contributed by atoms with E-state index >= 15 is 0 Å². The van der Waals surface area contributed by atoms with E-state index in [1.54, 1.807) is 6.92 Å². The fourth-order valence-corrected chi connectivity index (χ4v) is 2.87. The molecule has 1 saturated carbocycles. The second-order valence-corrected chi connectivity index (χ2v) is 5.90. The lowest BCUT2D eigenvalue weighted by Crippen LogP contribution is -2.25. The molecule has 138 valence electrons. The van der Waals surface area contributed by atoms with E-state index in [0.29, 0.717) is 25.7 Å². The van der Waals surface area contributed by atoms with Gasteiger partial charge in [-0.05, 0) is 56.7 Å². The molecule has 0 spiro atoms. The van der Waals surface area contributed by atoms with Crippen LogP contribution in [0.1, 0.15) is 32.6 Å². The third-order valence-electron chi connectivity index (χ3n) is 4.17. The summed E-state index contributed by atoms with van der Waals surface area (Å²) < 4.78 is 62.7.